The van der Waals surface area contributed by atoms with Crippen LogP contribution in [-0.4, -0.2) is 8.80 Å². The second-order valence-corrected chi connectivity index (χ2v) is 7.98. The topological polar surface area (TPSA) is 26.0 Å². The number of hydrogen-bond donors (Lipinski definition) is 1. The third-order valence-electron chi connectivity index (χ3n) is 3.85. The first-order valence-electron chi connectivity index (χ1n) is 7.28. The van der Waals surface area contributed by atoms with Gasteiger partial charge in [0.2, 0.25) is 0 Å². The molecule has 3 aromatic rings. The highest BCUT2D eigenvalue weighted by molar-refractivity contribution is 6.95. The van der Waals surface area contributed by atoms with Crippen molar-refractivity contribution in [3.8, 4) is 0 Å². The van der Waals surface area contributed by atoms with Crippen LogP contribution in [0.25, 0.3) is 0 Å². The highest BCUT2D eigenvalue weighted by atomic mass is 28.3. The van der Waals surface area contributed by atoms with E-state index in [2.05, 4.69) is 84.9 Å². The number of nitrogens with two attached hydrogens (primary N) is 1. The average Bonchev–Trinajstić information content (AvgIpc) is 2.58. The Morgan fingerprint density at radius 3 is 1.62 bits per heavy atom. The van der Waals surface area contributed by atoms with Crippen LogP contribution in [0.2, 0.25) is 0 Å². The van der Waals surface area contributed by atoms with Crippen molar-refractivity contribution < 1.29 is 0 Å². The SMILES string of the molecule is NCc1ccccc1[SiH](c1ccccc1)c1ccccc1. The van der Waals surface area contributed by atoms with Crippen molar-refractivity contribution in [1.82, 2.24) is 0 Å². The Bertz CT molecular complexity index is 656. The third kappa shape index (κ3) is 2.97. The van der Waals surface area contributed by atoms with E-state index in [1.54, 1.807) is 0 Å². The smallest absolute Gasteiger partial charge is 0.133 e. The monoisotopic (exact) mass is 289 g/mol. The molecule has 0 saturated heterocycles. The minimum atomic E-state index is -1.45. The lowest BCUT2D eigenvalue weighted by Gasteiger charge is -2.20. The lowest BCUT2D eigenvalue weighted by molar-refractivity contribution is 1.08. The molecule has 0 aliphatic rings. The molecule has 0 fully saturated rings. The first-order valence-corrected chi connectivity index (χ1v) is 9.01. The van der Waals surface area contributed by atoms with Crippen LogP contribution >= 0.6 is 0 Å². The van der Waals surface area contributed by atoms with Crippen molar-refractivity contribution >= 4 is 24.4 Å². The molecule has 0 unspecified atom stereocenters. The van der Waals surface area contributed by atoms with Crippen molar-refractivity contribution in [3.05, 3.63) is 90.5 Å². The standard InChI is InChI=1S/C19H19NSi/c20-15-16-9-7-8-14-19(16)21(17-10-3-1-4-11-17)18-12-5-2-6-13-18/h1-14,21H,15,20H2. The number of benzene rings is 3. The Kier molecular flexibility index (Phi) is 4.29. The van der Waals surface area contributed by atoms with Gasteiger partial charge in [0.25, 0.3) is 0 Å². The first kappa shape index (κ1) is 13.8. The van der Waals surface area contributed by atoms with Gasteiger partial charge in [0.05, 0.1) is 0 Å². The Hall–Kier alpha value is -2.16. The molecule has 0 saturated carbocycles. The second kappa shape index (κ2) is 6.53. The Morgan fingerprint density at radius 2 is 1.10 bits per heavy atom. The molecule has 21 heavy (non-hydrogen) atoms. The highest BCUT2D eigenvalue weighted by Crippen LogP contribution is 2.00. The van der Waals surface area contributed by atoms with Crippen molar-refractivity contribution in [3.63, 3.8) is 0 Å². The molecule has 1 nitrogen and oxygen atoms in total. The summed E-state index contributed by atoms with van der Waals surface area (Å²) in [5, 5.41) is 4.30. The molecule has 0 aromatic heterocycles. The van der Waals surface area contributed by atoms with E-state index in [0.29, 0.717) is 6.54 Å². The molecule has 2 N–H and O–H groups in total. The Balaban J connectivity index is 2.17. The van der Waals surface area contributed by atoms with Gasteiger partial charge in [-0.3, -0.25) is 0 Å². The number of hydrogen-bond acceptors (Lipinski definition) is 1. The molecular formula is C19H19NSi. The zero-order valence-electron chi connectivity index (χ0n) is 11.9. The fourth-order valence-electron chi connectivity index (χ4n) is 2.84. The highest BCUT2D eigenvalue weighted by Gasteiger charge is 2.20. The van der Waals surface area contributed by atoms with Gasteiger partial charge in [-0.25, -0.2) is 0 Å². The van der Waals surface area contributed by atoms with Gasteiger partial charge in [0, 0.05) is 6.54 Å². The fraction of sp³-hybridized carbons (Fsp3) is 0.0526. The summed E-state index contributed by atoms with van der Waals surface area (Å²) in [6, 6.07) is 30.3. The zero-order chi connectivity index (χ0) is 14.5. The third-order valence-corrected chi connectivity index (χ3v) is 7.14. The summed E-state index contributed by atoms with van der Waals surface area (Å²) in [5.74, 6) is 0. The maximum atomic E-state index is 5.97. The molecule has 0 atom stereocenters. The molecule has 3 rings (SSSR count). The van der Waals surface area contributed by atoms with Crippen molar-refractivity contribution in [2.24, 2.45) is 5.73 Å². The van der Waals surface area contributed by atoms with Crippen molar-refractivity contribution in [2.75, 3.05) is 0 Å². The molecule has 0 heterocycles. The van der Waals surface area contributed by atoms with E-state index in [1.807, 2.05) is 0 Å². The quantitative estimate of drug-likeness (QED) is 0.570. The minimum absolute atomic E-state index is 0.597. The van der Waals surface area contributed by atoms with E-state index in [0.717, 1.165) is 0 Å². The van der Waals surface area contributed by atoms with Gasteiger partial charge < -0.3 is 5.73 Å². The van der Waals surface area contributed by atoms with Gasteiger partial charge in [0.15, 0.2) is 0 Å². The molecule has 0 amide bonds. The predicted octanol–water partition coefficient (Wildman–Crippen LogP) is 1.39. The van der Waals surface area contributed by atoms with Gasteiger partial charge >= 0.3 is 0 Å². The van der Waals surface area contributed by atoms with Crippen LogP contribution in [0, 0.1) is 0 Å². The van der Waals surface area contributed by atoms with E-state index in [-0.39, 0.29) is 0 Å². The van der Waals surface area contributed by atoms with E-state index in [4.69, 9.17) is 5.73 Å². The van der Waals surface area contributed by atoms with Crippen LogP contribution in [0.5, 0.6) is 0 Å². The lowest BCUT2D eigenvalue weighted by atomic mass is 10.2. The van der Waals surface area contributed by atoms with Crippen LogP contribution < -0.4 is 21.3 Å². The van der Waals surface area contributed by atoms with Crippen LogP contribution in [0.4, 0.5) is 0 Å². The van der Waals surface area contributed by atoms with E-state index < -0.39 is 8.80 Å². The molecular weight excluding hydrogens is 270 g/mol. The zero-order valence-corrected chi connectivity index (χ0v) is 13.1. The van der Waals surface area contributed by atoms with E-state index >= 15 is 0 Å². The summed E-state index contributed by atoms with van der Waals surface area (Å²) in [6.45, 7) is 0.597. The van der Waals surface area contributed by atoms with Gasteiger partial charge in [-0.15, -0.1) is 0 Å². The number of rotatable bonds is 4. The van der Waals surface area contributed by atoms with Gasteiger partial charge in [0.1, 0.15) is 8.80 Å². The molecule has 2 heteroatoms. The molecule has 0 bridgehead atoms. The molecule has 0 aliphatic heterocycles. The molecule has 0 radical (unpaired) electrons. The predicted molar refractivity (Wildman–Crippen MR) is 93.3 cm³/mol. The van der Waals surface area contributed by atoms with E-state index in [1.165, 1.54) is 21.1 Å². The molecule has 0 aliphatic carbocycles. The largest absolute Gasteiger partial charge is 0.327 e. The summed E-state index contributed by atoms with van der Waals surface area (Å²) in [4.78, 5) is 0. The molecule has 0 spiro atoms. The van der Waals surface area contributed by atoms with E-state index in [9.17, 15) is 0 Å². The van der Waals surface area contributed by atoms with Gasteiger partial charge in [-0.05, 0) is 10.8 Å². The summed E-state index contributed by atoms with van der Waals surface area (Å²) in [7, 11) is -1.45. The van der Waals surface area contributed by atoms with Gasteiger partial charge in [-0.2, -0.15) is 0 Å². The summed E-state index contributed by atoms with van der Waals surface area (Å²) in [6.07, 6.45) is 0. The molecule has 3 aromatic carbocycles. The molecule has 104 valence electrons. The summed E-state index contributed by atoms with van der Waals surface area (Å²) < 4.78 is 0. The van der Waals surface area contributed by atoms with Crippen LogP contribution in [-0.2, 0) is 6.54 Å². The van der Waals surface area contributed by atoms with Crippen molar-refractivity contribution in [2.45, 2.75) is 6.54 Å². The summed E-state index contributed by atoms with van der Waals surface area (Å²) >= 11 is 0. The van der Waals surface area contributed by atoms with Gasteiger partial charge in [-0.1, -0.05) is 95.3 Å². The fourth-order valence-corrected chi connectivity index (χ4v) is 6.05. The van der Waals surface area contributed by atoms with Crippen LogP contribution in [0.1, 0.15) is 5.56 Å². The normalized spacial score (nSPS) is 10.8. The van der Waals surface area contributed by atoms with Crippen LogP contribution in [0.3, 0.4) is 0 Å². The Labute approximate surface area is 127 Å². The van der Waals surface area contributed by atoms with Crippen LogP contribution in [0.15, 0.2) is 84.9 Å². The minimum Gasteiger partial charge on any atom is -0.327 e. The first-order chi connectivity index (χ1) is 10.4. The maximum absolute atomic E-state index is 5.97. The summed E-state index contributed by atoms with van der Waals surface area (Å²) in [5.41, 5.74) is 7.23. The average molecular weight is 289 g/mol. The maximum Gasteiger partial charge on any atom is 0.133 e. The lowest BCUT2D eigenvalue weighted by Crippen LogP contribution is -2.53. The Morgan fingerprint density at radius 1 is 0.619 bits per heavy atom. The van der Waals surface area contributed by atoms with Crippen molar-refractivity contribution in [1.29, 1.82) is 0 Å². The second-order valence-electron chi connectivity index (χ2n) is 5.16.